The van der Waals surface area contributed by atoms with Gasteiger partial charge in [-0.15, -0.1) is 0 Å². The summed E-state index contributed by atoms with van der Waals surface area (Å²) in [6.07, 6.45) is 6.03. The molecule has 0 aromatic carbocycles. The van der Waals surface area contributed by atoms with Crippen molar-refractivity contribution in [1.29, 1.82) is 0 Å². The van der Waals surface area contributed by atoms with Crippen molar-refractivity contribution < 1.29 is 14.2 Å². The average molecular weight is 241 g/mol. The Morgan fingerprint density at radius 1 is 1.18 bits per heavy atom. The van der Waals surface area contributed by atoms with Crippen LogP contribution in [-0.4, -0.2) is 44.2 Å². The summed E-state index contributed by atoms with van der Waals surface area (Å²) in [5, 5.41) is 0. The topological polar surface area (TPSA) is 53.7 Å². The van der Waals surface area contributed by atoms with Gasteiger partial charge >= 0.3 is 0 Å². The van der Waals surface area contributed by atoms with Crippen molar-refractivity contribution in [2.75, 3.05) is 26.4 Å². The summed E-state index contributed by atoms with van der Waals surface area (Å²) in [7, 11) is 0. The van der Waals surface area contributed by atoms with E-state index in [1.54, 1.807) is 0 Å². The Morgan fingerprint density at radius 3 is 2.71 bits per heavy atom. The molecule has 2 heterocycles. The van der Waals surface area contributed by atoms with Crippen molar-refractivity contribution in [2.24, 2.45) is 11.7 Å². The van der Waals surface area contributed by atoms with Crippen LogP contribution < -0.4 is 5.73 Å². The van der Waals surface area contributed by atoms with Gasteiger partial charge in [0, 0.05) is 12.6 Å². The Bertz CT molecular complexity index is 261. The molecule has 4 nitrogen and oxygen atoms in total. The van der Waals surface area contributed by atoms with E-state index in [1.165, 1.54) is 19.3 Å². The van der Waals surface area contributed by atoms with Crippen LogP contribution in [0, 0.1) is 5.92 Å². The van der Waals surface area contributed by atoms with Gasteiger partial charge in [0.1, 0.15) is 0 Å². The first-order valence-electron chi connectivity index (χ1n) is 6.88. The fourth-order valence-electron chi connectivity index (χ4n) is 3.35. The third kappa shape index (κ3) is 2.36. The molecule has 2 saturated heterocycles. The van der Waals surface area contributed by atoms with Gasteiger partial charge in [0.2, 0.25) is 0 Å². The maximum absolute atomic E-state index is 6.36. The minimum absolute atomic E-state index is 0.0870. The highest BCUT2D eigenvalue weighted by molar-refractivity contribution is 4.97. The normalized spacial score (nSPS) is 38.6. The molecule has 0 aromatic heterocycles. The maximum Gasteiger partial charge on any atom is 0.0962 e. The van der Waals surface area contributed by atoms with E-state index in [2.05, 4.69) is 0 Å². The molecule has 1 saturated carbocycles. The van der Waals surface area contributed by atoms with Crippen LogP contribution >= 0.6 is 0 Å². The van der Waals surface area contributed by atoms with Crippen molar-refractivity contribution in [2.45, 2.75) is 49.9 Å². The van der Waals surface area contributed by atoms with Gasteiger partial charge in [0.15, 0.2) is 0 Å². The molecule has 0 amide bonds. The molecule has 3 unspecified atom stereocenters. The van der Waals surface area contributed by atoms with Gasteiger partial charge in [-0.25, -0.2) is 0 Å². The van der Waals surface area contributed by atoms with E-state index in [1.807, 2.05) is 0 Å². The van der Waals surface area contributed by atoms with Crippen LogP contribution in [0.5, 0.6) is 0 Å². The molecule has 0 bridgehead atoms. The largest absolute Gasteiger partial charge is 0.376 e. The summed E-state index contributed by atoms with van der Waals surface area (Å²) < 4.78 is 17.1. The first kappa shape index (κ1) is 11.9. The highest BCUT2D eigenvalue weighted by Gasteiger charge is 2.45. The van der Waals surface area contributed by atoms with E-state index < -0.39 is 0 Å². The van der Waals surface area contributed by atoms with Crippen LogP contribution in [-0.2, 0) is 14.2 Å². The highest BCUT2D eigenvalue weighted by atomic mass is 16.6. The van der Waals surface area contributed by atoms with Gasteiger partial charge in [0.05, 0.1) is 31.5 Å². The minimum Gasteiger partial charge on any atom is -0.376 e. The van der Waals surface area contributed by atoms with Crippen molar-refractivity contribution in [1.82, 2.24) is 0 Å². The van der Waals surface area contributed by atoms with Crippen LogP contribution in [0.15, 0.2) is 0 Å². The molecular formula is C13H23NO3. The van der Waals surface area contributed by atoms with Crippen molar-refractivity contribution >= 4 is 0 Å². The third-order valence-corrected chi connectivity index (χ3v) is 4.61. The third-order valence-electron chi connectivity index (χ3n) is 4.61. The summed E-state index contributed by atoms with van der Waals surface area (Å²) >= 11 is 0. The predicted molar refractivity (Wildman–Crippen MR) is 63.8 cm³/mol. The zero-order chi connectivity index (χ0) is 11.7. The summed E-state index contributed by atoms with van der Waals surface area (Å²) in [5.41, 5.74) is 6.54. The molecule has 3 rings (SSSR count). The van der Waals surface area contributed by atoms with Gasteiger partial charge in [-0.2, -0.15) is 0 Å². The second-order valence-corrected chi connectivity index (χ2v) is 5.70. The SMILES string of the molecule is NC(C1CCOC2(CCC2)C1)C1COCCO1. The van der Waals surface area contributed by atoms with Crippen LogP contribution in [0.3, 0.4) is 0 Å². The molecule has 3 fully saturated rings. The molecular weight excluding hydrogens is 218 g/mol. The lowest BCUT2D eigenvalue weighted by atomic mass is 9.70. The van der Waals surface area contributed by atoms with Crippen molar-refractivity contribution in [3.05, 3.63) is 0 Å². The van der Waals surface area contributed by atoms with Crippen molar-refractivity contribution in [3.63, 3.8) is 0 Å². The van der Waals surface area contributed by atoms with E-state index in [0.29, 0.717) is 25.7 Å². The second-order valence-electron chi connectivity index (χ2n) is 5.70. The maximum atomic E-state index is 6.36. The Hall–Kier alpha value is -0.160. The summed E-state index contributed by atoms with van der Waals surface area (Å²) in [5.74, 6) is 0.538. The molecule has 4 heteroatoms. The average Bonchev–Trinajstić information content (AvgIpc) is 2.37. The summed E-state index contributed by atoms with van der Waals surface area (Å²) in [6.45, 7) is 2.92. The lowest BCUT2D eigenvalue weighted by molar-refractivity contribution is -0.159. The Labute approximate surface area is 103 Å². The number of hydrogen-bond acceptors (Lipinski definition) is 4. The number of rotatable bonds is 2. The molecule has 2 N–H and O–H groups in total. The number of hydrogen-bond donors (Lipinski definition) is 1. The van der Waals surface area contributed by atoms with Crippen molar-refractivity contribution in [3.8, 4) is 0 Å². The molecule has 3 atom stereocenters. The van der Waals surface area contributed by atoms with Gasteiger partial charge in [-0.05, 0) is 38.0 Å². The minimum atomic E-state index is 0.0870. The first-order valence-corrected chi connectivity index (χ1v) is 6.88. The van der Waals surface area contributed by atoms with Gasteiger partial charge in [-0.1, -0.05) is 0 Å². The molecule has 17 heavy (non-hydrogen) atoms. The Morgan fingerprint density at radius 2 is 2.06 bits per heavy atom. The molecule has 0 aromatic rings. The summed E-state index contributed by atoms with van der Waals surface area (Å²) in [4.78, 5) is 0. The molecule has 0 radical (unpaired) electrons. The number of nitrogens with two attached hydrogens (primary N) is 1. The molecule has 2 aliphatic heterocycles. The predicted octanol–water partition coefficient (Wildman–Crippen LogP) is 1.08. The molecule has 1 spiro atoms. The van der Waals surface area contributed by atoms with Crippen LogP contribution in [0.2, 0.25) is 0 Å². The van der Waals surface area contributed by atoms with Crippen LogP contribution in [0.1, 0.15) is 32.1 Å². The zero-order valence-corrected chi connectivity index (χ0v) is 10.4. The van der Waals surface area contributed by atoms with E-state index in [-0.39, 0.29) is 17.7 Å². The standard InChI is InChI=1S/C13H23NO3/c14-12(11-9-15-6-7-16-11)10-2-5-17-13(8-10)3-1-4-13/h10-12H,1-9,14H2. The van der Waals surface area contributed by atoms with E-state index in [4.69, 9.17) is 19.9 Å². The molecule has 1 aliphatic carbocycles. The first-order chi connectivity index (χ1) is 8.29. The fourth-order valence-corrected chi connectivity index (χ4v) is 3.35. The van der Waals surface area contributed by atoms with Gasteiger partial charge < -0.3 is 19.9 Å². The highest BCUT2D eigenvalue weighted by Crippen LogP contribution is 2.45. The van der Waals surface area contributed by atoms with Crippen LogP contribution in [0.25, 0.3) is 0 Å². The molecule has 3 aliphatic rings. The quantitative estimate of drug-likeness (QED) is 0.786. The Balaban J connectivity index is 1.58. The van der Waals surface area contributed by atoms with E-state index in [0.717, 1.165) is 19.4 Å². The molecule has 98 valence electrons. The zero-order valence-electron chi connectivity index (χ0n) is 10.4. The van der Waals surface area contributed by atoms with Crippen LogP contribution in [0.4, 0.5) is 0 Å². The summed E-state index contributed by atoms with van der Waals surface area (Å²) in [6, 6.07) is 0.108. The smallest absolute Gasteiger partial charge is 0.0962 e. The van der Waals surface area contributed by atoms with Gasteiger partial charge in [-0.3, -0.25) is 0 Å². The monoisotopic (exact) mass is 241 g/mol. The number of ether oxygens (including phenoxy) is 3. The van der Waals surface area contributed by atoms with Gasteiger partial charge in [0.25, 0.3) is 0 Å². The van der Waals surface area contributed by atoms with E-state index in [9.17, 15) is 0 Å². The Kier molecular flexibility index (Phi) is 3.39. The van der Waals surface area contributed by atoms with E-state index >= 15 is 0 Å². The second kappa shape index (κ2) is 4.84. The fraction of sp³-hybridized carbons (Fsp3) is 1.00. The lowest BCUT2D eigenvalue weighted by Gasteiger charge is -2.49. The lowest BCUT2D eigenvalue weighted by Crippen LogP contribution is -2.54.